The molecular weight excluding hydrogens is 368 g/mol. The minimum atomic E-state index is 0.229. The van der Waals surface area contributed by atoms with Gasteiger partial charge in [-0.1, -0.05) is 35.5 Å². The van der Waals surface area contributed by atoms with Gasteiger partial charge in [-0.15, -0.1) is 0 Å². The van der Waals surface area contributed by atoms with E-state index in [2.05, 4.69) is 60.6 Å². The Morgan fingerprint density at radius 1 is 1.28 bits per heavy atom. The number of nitrogens with zero attached hydrogens (tertiary/aromatic N) is 5. The molecule has 0 radical (unpaired) electrons. The second-order valence-corrected chi connectivity index (χ2v) is 7.65. The first-order valence-corrected chi connectivity index (χ1v) is 10.4. The maximum Gasteiger partial charge on any atom is 0.226 e. The molecule has 2 saturated heterocycles. The van der Waals surface area contributed by atoms with Crippen molar-refractivity contribution in [3.8, 4) is 0 Å². The van der Waals surface area contributed by atoms with Crippen molar-refractivity contribution in [1.29, 1.82) is 0 Å². The molecule has 2 atom stereocenters. The van der Waals surface area contributed by atoms with Gasteiger partial charge in [0.15, 0.2) is 11.8 Å². The third kappa shape index (κ3) is 4.94. The highest BCUT2D eigenvalue weighted by Crippen LogP contribution is 2.24. The number of ether oxygens (including phenoxy) is 1. The van der Waals surface area contributed by atoms with Crippen molar-refractivity contribution < 1.29 is 9.26 Å². The smallest absolute Gasteiger partial charge is 0.226 e. The Kier molecular flexibility index (Phi) is 6.41. The largest absolute Gasteiger partial charge is 0.373 e. The van der Waals surface area contributed by atoms with Crippen molar-refractivity contribution in [3.63, 3.8) is 0 Å². The zero-order valence-corrected chi connectivity index (χ0v) is 17.3. The summed E-state index contributed by atoms with van der Waals surface area (Å²) in [6.07, 6.45) is 1.91. The molecule has 2 fully saturated rings. The summed E-state index contributed by atoms with van der Waals surface area (Å²) in [5.41, 5.74) is 1.35. The number of hydrogen-bond acceptors (Lipinski definition) is 6. The van der Waals surface area contributed by atoms with Gasteiger partial charge in [-0.3, -0.25) is 9.89 Å². The lowest BCUT2D eigenvalue weighted by Crippen LogP contribution is -2.50. The van der Waals surface area contributed by atoms with Crippen molar-refractivity contribution in [1.82, 2.24) is 25.3 Å². The summed E-state index contributed by atoms with van der Waals surface area (Å²) in [7, 11) is 1.84. The van der Waals surface area contributed by atoms with Gasteiger partial charge < -0.3 is 19.5 Å². The molecule has 2 aromatic rings. The molecular formula is C21H30N6O2. The van der Waals surface area contributed by atoms with Crippen molar-refractivity contribution >= 4 is 5.96 Å². The second kappa shape index (κ2) is 9.37. The van der Waals surface area contributed by atoms with E-state index in [1.165, 1.54) is 5.56 Å². The van der Waals surface area contributed by atoms with Gasteiger partial charge in [0.25, 0.3) is 0 Å². The topological polar surface area (TPSA) is 79.0 Å². The Hall–Kier alpha value is -2.45. The van der Waals surface area contributed by atoms with Crippen LogP contribution in [0.25, 0.3) is 0 Å². The van der Waals surface area contributed by atoms with Crippen molar-refractivity contribution in [2.45, 2.75) is 38.5 Å². The molecule has 0 aliphatic carbocycles. The Bertz CT molecular complexity index is 809. The van der Waals surface area contributed by atoms with Crippen molar-refractivity contribution in [2.24, 2.45) is 4.99 Å². The lowest BCUT2D eigenvalue weighted by molar-refractivity contribution is -0.0502. The number of rotatable bonds is 6. The van der Waals surface area contributed by atoms with Crippen LogP contribution in [0.3, 0.4) is 0 Å². The zero-order chi connectivity index (χ0) is 20.1. The molecule has 1 aromatic carbocycles. The molecule has 0 amide bonds. The van der Waals surface area contributed by atoms with Gasteiger partial charge in [-0.25, -0.2) is 0 Å². The number of morpholine rings is 1. The van der Waals surface area contributed by atoms with Gasteiger partial charge in [0, 0.05) is 46.2 Å². The second-order valence-electron chi connectivity index (χ2n) is 7.65. The number of fused-ring (bicyclic) bond motifs is 1. The summed E-state index contributed by atoms with van der Waals surface area (Å²) >= 11 is 0. The van der Waals surface area contributed by atoms with Crippen LogP contribution in [0.2, 0.25) is 0 Å². The summed E-state index contributed by atoms with van der Waals surface area (Å²) < 4.78 is 11.3. The number of likely N-dealkylation sites (tertiary alicyclic amines) is 1. The summed E-state index contributed by atoms with van der Waals surface area (Å²) in [6.45, 7) is 7.18. The van der Waals surface area contributed by atoms with Crippen LogP contribution in [0, 0.1) is 6.92 Å². The lowest BCUT2D eigenvalue weighted by Gasteiger charge is -2.36. The minimum absolute atomic E-state index is 0.229. The highest BCUT2D eigenvalue weighted by molar-refractivity contribution is 5.80. The van der Waals surface area contributed by atoms with Gasteiger partial charge in [-0.05, 0) is 18.9 Å². The monoisotopic (exact) mass is 398 g/mol. The molecule has 4 rings (SSSR count). The quantitative estimate of drug-likeness (QED) is 0.448. The van der Waals surface area contributed by atoms with E-state index in [1.807, 2.05) is 14.0 Å². The van der Waals surface area contributed by atoms with Crippen molar-refractivity contribution in [3.05, 3.63) is 47.6 Å². The third-order valence-electron chi connectivity index (χ3n) is 5.58. The fourth-order valence-electron chi connectivity index (χ4n) is 4.16. The normalized spacial score (nSPS) is 22.7. The number of guanidine groups is 1. The maximum atomic E-state index is 6.09. The maximum absolute atomic E-state index is 6.09. The van der Waals surface area contributed by atoms with Crippen LogP contribution >= 0.6 is 0 Å². The van der Waals surface area contributed by atoms with Gasteiger partial charge in [0.2, 0.25) is 5.89 Å². The van der Waals surface area contributed by atoms with Crippen LogP contribution in [0.5, 0.6) is 0 Å². The minimum Gasteiger partial charge on any atom is -0.373 e. The van der Waals surface area contributed by atoms with Crippen LogP contribution in [-0.2, 0) is 17.7 Å². The number of nitrogens with one attached hydrogen (secondary N) is 1. The number of aromatic nitrogens is 2. The van der Waals surface area contributed by atoms with E-state index in [9.17, 15) is 0 Å². The fourth-order valence-corrected chi connectivity index (χ4v) is 4.16. The van der Waals surface area contributed by atoms with E-state index in [0.717, 1.165) is 58.1 Å². The van der Waals surface area contributed by atoms with E-state index in [1.54, 1.807) is 0 Å². The van der Waals surface area contributed by atoms with E-state index in [-0.39, 0.29) is 6.10 Å². The fraction of sp³-hybridized carbons (Fsp3) is 0.571. The summed E-state index contributed by atoms with van der Waals surface area (Å²) in [4.78, 5) is 13.6. The number of aliphatic imine (C=N–C) groups is 1. The molecule has 0 spiro atoms. The van der Waals surface area contributed by atoms with Crippen LogP contribution in [0.1, 0.15) is 23.7 Å². The highest BCUT2D eigenvalue weighted by Gasteiger charge is 2.41. The van der Waals surface area contributed by atoms with E-state index in [0.29, 0.717) is 17.8 Å². The third-order valence-corrected chi connectivity index (χ3v) is 5.58. The van der Waals surface area contributed by atoms with E-state index < -0.39 is 0 Å². The standard InChI is InChI=1S/C21H30N6O2/c1-16-24-20(29-25-16)9-6-10-23-21(22-2)27-14-18-19(15-27)28-12-11-26(18)13-17-7-4-3-5-8-17/h3-5,7-8,18-19H,6,9-15H2,1-2H3,(H,22,23). The van der Waals surface area contributed by atoms with Gasteiger partial charge in [-0.2, -0.15) is 4.98 Å². The Labute approximate surface area is 171 Å². The van der Waals surface area contributed by atoms with Crippen LogP contribution in [0.4, 0.5) is 0 Å². The van der Waals surface area contributed by atoms with Gasteiger partial charge in [0.05, 0.1) is 18.8 Å². The summed E-state index contributed by atoms with van der Waals surface area (Å²) in [6, 6.07) is 11.1. The predicted molar refractivity (Wildman–Crippen MR) is 111 cm³/mol. The molecule has 2 aliphatic heterocycles. The molecule has 8 nitrogen and oxygen atoms in total. The molecule has 3 heterocycles. The number of aryl methyl sites for hydroxylation is 2. The van der Waals surface area contributed by atoms with Crippen molar-refractivity contribution in [2.75, 3.05) is 39.8 Å². The average molecular weight is 399 g/mol. The number of benzene rings is 1. The Balaban J connectivity index is 1.29. The molecule has 1 N–H and O–H groups in total. The van der Waals surface area contributed by atoms with Gasteiger partial charge >= 0.3 is 0 Å². The first-order chi connectivity index (χ1) is 14.2. The SMILES string of the molecule is CN=C(NCCCc1nc(C)no1)N1CC2OCCN(Cc3ccccc3)C2C1. The molecule has 2 aliphatic rings. The highest BCUT2D eigenvalue weighted by atomic mass is 16.5. The molecule has 156 valence electrons. The Morgan fingerprint density at radius 3 is 2.90 bits per heavy atom. The van der Waals surface area contributed by atoms with Crippen LogP contribution in [0.15, 0.2) is 39.8 Å². The van der Waals surface area contributed by atoms with E-state index in [4.69, 9.17) is 9.26 Å². The molecule has 2 unspecified atom stereocenters. The molecule has 1 aromatic heterocycles. The van der Waals surface area contributed by atoms with Crippen LogP contribution in [-0.4, -0.2) is 77.9 Å². The Morgan fingerprint density at radius 2 is 2.14 bits per heavy atom. The average Bonchev–Trinajstić information content (AvgIpc) is 3.35. The first kappa shape index (κ1) is 19.8. The van der Waals surface area contributed by atoms with Gasteiger partial charge in [0.1, 0.15) is 0 Å². The van der Waals surface area contributed by atoms with Crippen LogP contribution < -0.4 is 5.32 Å². The molecule has 8 heteroatoms. The summed E-state index contributed by atoms with van der Waals surface area (Å²) in [5, 5.41) is 7.31. The predicted octanol–water partition coefficient (Wildman–Crippen LogP) is 1.47. The lowest BCUT2D eigenvalue weighted by atomic mass is 10.1. The molecule has 0 bridgehead atoms. The molecule has 29 heavy (non-hydrogen) atoms. The number of hydrogen-bond donors (Lipinski definition) is 1. The molecule has 0 saturated carbocycles. The first-order valence-electron chi connectivity index (χ1n) is 10.4. The summed E-state index contributed by atoms with van der Waals surface area (Å²) in [5.74, 6) is 2.31. The van der Waals surface area contributed by atoms with E-state index >= 15 is 0 Å². The zero-order valence-electron chi connectivity index (χ0n) is 17.3.